The molecule has 1 aromatic heterocycles. The van der Waals surface area contributed by atoms with Crippen molar-refractivity contribution in [3.05, 3.63) is 46.5 Å². The molecule has 2 amide bonds. The van der Waals surface area contributed by atoms with Crippen molar-refractivity contribution >= 4 is 40.2 Å². The van der Waals surface area contributed by atoms with Crippen molar-refractivity contribution in [2.75, 3.05) is 26.0 Å². The molecule has 0 saturated heterocycles. The van der Waals surface area contributed by atoms with Crippen molar-refractivity contribution in [1.29, 1.82) is 0 Å². The van der Waals surface area contributed by atoms with Gasteiger partial charge in [0.2, 0.25) is 0 Å². The Morgan fingerprint density at radius 2 is 2.07 bits per heavy atom. The number of rotatable bonds is 8. The Balaban J connectivity index is 1.88. The van der Waals surface area contributed by atoms with E-state index >= 15 is 0 Å². The first-order valence-electron chi connectivity index (χ1n) is 10.2. The molecule has 0 spiro atoms. The standard InChI is InChI=1S/C23H29N3O3S/c1-6-29-13-15(3)26-16(4)21(17-9-7-8-10-19(17)26)23(28)24-12-18-20(30-5)11-14(2)25-22(18)27/h7-11,15,18H,6,12-13H2,1-5H3,(H,24,28)/t15-,18?/m1/s1. The third kappa shape index (κ3) is 4.37. The Morgan fingerprint density at radius 3 is 2.77 bits per heavy atom. The van der Waals surface area contributed by atoms with Crippen molar-refractivity contribution in [3.63, 3.8) is 0 Å². The Labute approximate surface area is 181 Å². The van der Waals surface area contributed by atoms with E-state index in [9.17, 15) is 9.59 Å². The zero-order chi connectivity index (χ0) is 21.8. The molecular formula is C23H29N3O3S. The molecule has 0 bridgehead atoms. The van der Waals surface area contributed by atoms with Crippen LogP contribution in [0, 0.1) is 12.8 Å². The molecule has 2 heterocycles. The van der Waals surface area contributed by atoms with Gasteiger partial charge in [0.25, 0.3) is 11.8 Å². The van der Waals surface area contributed by atoms with Gasteiger partial charge in [-0.05, 0) is 46.1 Å². The van der Waals surface area contributed by atoms with Crippen molar-refractivity contribution < 1.29 is 14.3 Å². The molecule has 0 radical (unpaired) electrons. The molecule has 7 heteroatoms. The summed E-state index contributed by atoms with van der Waals surface area (Å²) in [6, 6.07) is 8.00. The summed E-state index contributed by atoms with van der Waals surface area (Å²) in [6.45, 7) is 9.30. The van der Waals surface area contributed by atoms with Crippen LogP contribution >= 0.6 is 11.8 Å². The van der Waals surface area contributed by atoms with E-state index in [4.69, 9.17) is 4.74 Å². The Morgan fingerprint density at radius 1 is 1.33 bits per heavy atom. The van der Waals surface area contributed by atoms with Gasteiger partial charge in [-0.25, -0.2) is 4.99 Å². The number of fused-ring (bicyclic) bond motifs is 1. The summed E-state index contributed by atoms with van der Waals surface area (Å²) >= 11 is 1.52. The number of hydrogen-bond donors (Lipinski definition) is 1. The van der Waals surface area contributed by atoms with Gasteiger partial charge in [-0.1, -0.05) is 18.2 Å². The molecule has 1 aliphatic heterocycles. The number of thioether (sulfide) groups is 1. The molecule has 1 aromatic carbocycles. The first kappa shape index (κ1) is 22.3. The number of allylic oxidation sites excluding steroid dienone is 1. The second-order valence-corrected chi connectivity index (χ2v) is 8.34. The van der Waals surface area contributed by atoms with Crippen LogP contribution in [0.25, 0.3) is 10.9 Å². The molecule has 30 heavy (non-hydrogen) atoms. The molecule has 0 fully saturated rings. The number of nitrogens with one attached hydrogen (secondary N) is 1. The van der Waals surface area contributed by atoms with Gasteiger partial charge in [-0.2, -0.15) is 0 Å². The number of aromatic nitrogens is 1. The molecule has 3 rings (SSSR count). The highest BCUT2D eigenvalue weighted by Gasteiger charge is 2.28. The number of benzene rings is 1. The lowest BCUT2D eigenvalue weighted by atomic mass is 10.0. The minimum atomic E-state index is -0.432. The summed E-state index contributed by atoms with van der Waals surface area (Å²) in [5.41, 5.74) is 3.25. The fourth-order valence-corrected chi connectivity index (χ4v) is 4.75. The van der Waals surface area contributed by atoms with Crippen LogP contribution in [-0.4, -0.2) is 48.1 Å². The average molecular weight is 428 g/mol. The first-order valence-corrected chi connectivity index (χ1v) is 11.4. The number of hydrogen-bond acceptors (Lipinski definition) is 4. The zero-order valence-corrected chi connectivity index (χ0v) is 19.0. The summed E-state index contributed by atoms with van der Waals surface area (Å²) in [7, 11) is 0. The molecule has 1 aliphatic rings. The van der Waals surface area contributed by atoms with Crippen LogP contribution in [-0.2, 0) is 9.53 Å². The summed E-state index contributed by atoms with van der Waals surface area (Å²) < 4.78 is 7.77. The fraction of sp³-hybridized carbons (Fsp3) is 0.435. The molecule has 160 valence electrons. The van der Waals surface area contributed by atoms with Gasteiger partial charge < -0.3 is 14.6 Å². The van der Waals surface area contributed by atoms with Gasteiger partial charge in [0.15, 0.2) is 0 Å². The van der Waals surface area contributed by atoms with E-state index in [2.05, 4.69) is 21.8 Å². The third-order valence-corrected chi connectivity index (χ3v) is 6.24. The largest absolute Gasteiger partial charge is 0.380 e. The quantitative estimate of drug-likeness (QED) is 0.687. The fourth-order valence-electron chi connectivity index (χ4n) is 3.99. The lowest BCUT2D eigenvalue weighted by Gasteiger charge is -2.20. The highest BCUT2D eigenvalue weighted by molar-refractivity contribution is 8.02. The second kappa shape index (κ2) is 9.62. The maximum atomic E-state index is 13.2. The van der Waals surface area contributed by atoms with Gasteiger partial charge in [0, 0.05) is 40.4 Å². The van der Waals surface area contributed by atoms with Crippen LogP contribution in [0.5, 0.6) is 0 Å². The van der Waals surface area contributed by atoms with Crippen molar-refractivity contribution in [1.82, 2.24) is 9.88 Å². The van der Waals surface area contributed by atoms with Crippen molar-refractivity contribution in [2.45, 2.75) is 33.7 Å². The van der Waals surface area contributed by atoms with Gasteiger partial charge in [-0.15, -0.1) is 11.8 Å². The van der Waals surface area contributed by atoms with E-state index in [-0.39, 0.29) is 24.4 Å². The Bertz CT molecular complexity index is 1020. The van der Waals surface area contributed by atoms with Crippen LogP contribution in [0.3, 0.4) is 0 Å². The number of amides is 2. The van der Waals surface area contributed by atoms with Crippen LogP contribution in [0.2, 0.25) is 0 Å². The number of carbonyl (C=O) groups is 2. The topological polar surface area (TPSA) is 72.7 Å². The van der Waals surface area contributed by atoms with Gasteiger partial charge in [-0.3, -0.25) is 9.59 Å². The first-order chi connectivity index (χ1) is 14.4. The maximum Gasteiger partial charge on any atom is 0.255 e. The predicted octanol–water partition coefficient (Wildman–Crippen LogP) is 4.14. The number of ether oxygens (including phenoxy) is 1. The maximum absolute atomic E-state index is 13.2. The summed E-state index contributed by atoms with van der Waals surface area (Å²) in [4.78, 5) is 30.6. The number of dihydropyridines is 1. The third-order valence-electron chi connectivity index (χ3n) is 5.37. The highest BCUT2D eigenvalue weighted by Crippen LogP contribution is 2.30. The molecule has 6 nitrogen and oxygen atoms in total. The molecule has 0 aliphatic carbocycles. The van der Waals surface area contributed by atoms with Gasteiger partial charge >= 0.3 is 0 Å². The summed E-state index contributed by atoms with van der Waals surface area (Å²) in [6.07, 6.45) is 3.85. The summed E-state index contributed by atoms with van der Waals surface area (Å²) in [5, 5.41) is 3.88. The lowest BCUT2D eigenvalue weighted by molar-refractivity contribution is -0.120. The van der Waals surface area contributed by atoms with E-state index in [0.717, 1.165) is 21.5 Å². The molecule has 0 saturated carbocycles. The van der Waals surface area contributed by atoms with Crippen molar-refractivity contribution in [2.24, 2.45) is 10.9 Å². The van der Waals surface area contributed by atoms with E-state index < -0.39 is 5.92 Å². The normalized spacial score (nSPS) is 17.6. The van der Waals surface area contributed by atoms with Crippen LogP contribution in [0.1, 0.15) is 42.9 Å². The lowest BCUT2D eigenvalue weighted by Crippen LogP contribution is -2.35. The van der Waals surface area contributed by atoms with Crippen LogP contribution < -0.4 is 5.32 Å². The average Bonchev–Trinajstić information content (AvgIpc) is 3.02. The minimum Gasteiger partial charge on any atom is -0.380 e. The molecular weight excluding hydrogens is 398 g/mol. The van der Waals surface area contributed by atoms with Crippen molar-refractivity contribution in [3.8, 4) is 0 Å². The second-order valence-electron chi connectivity index (χ2n) is 7.46. The summed E-state index contributed by atoms with van der Waals surface area (Å²) in [5.74, 6) is -0.812. The molecule has 1 unspecified atom stereocenters. The Hall–Kier alpha value is -2.38. The van der Waals surface area contributed by atoms with Crippen LogP contribution in [0.4, 0.5) is 0 Å². The van der Waals surface area contributed by atoms with Crippen LogP contribution in [0.15, 0.2) is 40.2 Å². The smallest absolute Gasteiger partial charge is 0.255 e. The van der Waals surface area contributed by atoms with E-state index in [1.807, 2.05) is 57.4 Å². The van der Waals surface area contributed by atoms with Gasteiger partial charge in [0.1, 0.15) is 0 Å². The number of nitrogens with zero attached hydrogens (tertiary/aromatic N) is 2. The number of aliphatic imine (C=N–C) groups is 1. The zero-order valence-electron chi connectivity index (χ0n) is 18.2. The number of carbonyl (C=O) groups excluding carboxylic acids is 2. The highest BCUT2D eigenvalue weighted by atomic mass is 32.2. The SMILES string of the molecule is CCOC[C@@H](C)n1c(C)c(C(=O)NCC2C(=O)N=C(C)C=C2SC)c2ccccc21. The van der Waals surface area contributed by atoms with E-state index in [0.29, 0.717) is 24.5 Å². The number of para-hydroxylation sites is 1. The van der Waals surface area contributed by atoms with E-state index in [1.54, 1.807) is 0 Å². The predicted molar refractivity (Wildman–Crippen MR) is 123 cm³/mol. The minimum absolute atomic E-state index is 0.0969. The monoisotopic (exact) mass is 427 g/mol. The molecule has 1 N–H and O–H groups in total. The molecule has 2 atom stereocenters. The Kier molecular flexibility index (Phi) is 7.15. The van der Waals surface area contributed by atoms with Gasteiger partial charge in [0.05, 0.1) is 24.1 Å². The molecule has 2 aromatic rings. The van der Waals surface area contributed by atoms with E-state index in [1.165, 1.54) is 11.8 Å².